The van der Waals surface area contributed by atoms with Gasteiger partial charge in [-0.2, -0.15) is 0 Å². The normalized spacial score (nSPS) is 16.2. The number of aromatic nitrogens is 1. The SMILES string of the molecule is CCN1CCC(N(C)C(=O)c2sc(-c3ccc(F)cc3)nc2C)CC1. The summed E-state index contributed by atoms with van der Waals surface area (Å²) in [6.45, 7) is 7.19. The molecule has 0 spiro atoms. The van der Waals surface area contributed by atoms with E-state index in [4.69, 9.17) is 0 Å². The van der Waals surface area contributed by atoms with Gasteiger partial charge in [0, 0.05) is 31.7 Å². The van der Waals surface area contributed by atoms with E-state index in [-0.39, 0.29) is 17.8 Å². The lowest BCUT2D eigenvalue weighted by Crippen LogP contribution is -2.45. The van der Waals surface area contributed by atoms with Gasteiger partial charge in [-0.25, -0.2) is 9.37 Å². The Morgan fingerprint density at radius 2 is 1.96 bits per heavy atom. The van der Waals surface area contributed by atoms with Crippen LogP contribution in [0.4, 0.5) is 4.39 Å². The first kappa shape index (κ1) is 18.0. The molecule has 1 amide bonds. The Balaban J connectivity index is 1.75. The summed E-state index contributed by atoms with van der Waals surface area (Å²) < 4.78 is 13.1. The third-order valence-corrected chi connectivity index (χ3v) is 6.15. The Morgan fingerprint density at radius 3 is 2.56 bits per heavy atom. The second kappa shape index (κ2) is 7.62. The van der Waals surface area contributed by atoms with E-state index in [0.717, 1.165) is 48.7 Å². The number of carbonyl (C=O) groups excluding carboxylic acids is 1. The topological polar surface area (TPSA) is 36.4 Å². The molecule has 25 heavy (non-hydrogen) atoms. The van der Waals surface area contributed by atoms with Crippen LogP contribution < -0.4 is 0 Å². The second-order valence-electron chi connectivity index (χ2n) is 6.52. The molecule has 0 bridgehead atoms. The molecule has 1 aliphatic heterocycles. The van der Waals surface area contributed by atoms with Crippen LogP contribution >= 0.6 is 11.3 Å². The highest BCUT2D eigenvalue weighted by Gasteiger charge is 2.27. The van der Waals surface area contributed by atoms with Crippen LogP contribution in [-0.4, -0.2) is 53.4 Å². The zero-order chi connectivity index (χ0) is 18.0. The van der Waals surface area contributed by atoms with E-state index in [9.17, 15) is 9.18 Å². The van der Waals surface area contributed by atoms with Gasteiger partial charge in [0.05, 0.1) is 5.69 Å². The first-order valence-electron chi connectivity index (χ1n) is 8.72. The van der Waals surface area contributed by atoms with Gasteiger partial charge in [-0.15, -0.1) is 11.3 Å². The molecule has 1 aliphatic rings. The molecule has 1 fully saturated rings. The molecule has 6 heteroatoms. The summed E-state index contributed by atoms with van der Waals surface area (Å²) in [4.78, 5) is 22.4. The number of amides is 1. The summed E-state index contributed by atoms with van der Waals surface area (Å²) in [5, 5.41) is 0.759. The van der Waals surface area contributed by atoms with Crippen LogP contribution in [-0.2, 0) is 0 Å². The summed E-state index contributed by atoms with van der Waals surface area (Å²) in [5.41, 5.74) is 1.58. The van der Waals surface area contributed by atoms with E-state index in [0.29, 0.717) is 4.88 Å². The minimum absolute atomic E-state index is 0.0401. The lowest BCUT2D eigenvalue weighted by molar-refractivity contribution is 0.0650. The average molecular weight is 361 g/mol. The van der Waals surface area contributed by atoms with E-state index >= 15 is 0 Å². The number of likely N-dealkylation sites (tertiary alicyclic amines) is 1. The Hall–Kier alpha value is -1.79. The van der Waals surface area contributed by atoms with Gasteiger partial charge in [-0.3, -0.25) is 4.79 Å². The summed E-state index contributed by atoms with van der Waals surface area (Å²) in [6, 6.07) is 6.52. The highest BCUT2D eigenvalue weighted by molar-refractivity contribution is 7.17. The molecule has 3 rings (SSSR count). The third kappa shape index (κ3) is 3.90. The number of piperidine rings is 1. The summed E-state index contributed by atoms with van der Waals surface area (Å²) in [5.74, 6) is -0.232. The average Bonchev–Trinajstić information content (AvgIpc) is 3.03. The number of nitrogens with zero attached hydrogens (tertiary/aromatic N) is 3. The number of thiazole rings is 1. The van der Waals surface area contributed by atoms with E-state index in [1.807, 2.05) is 18.9 Å². The van der Waals surface area contributed by atoms with Gasteiger partial charge in [-0.1, -0.05) is 6.92 Å². The third-order valence-electron chi connectivity index (χ3n) is 4.95. The quantitative estimate of drug-likeness (QED) is 0.831. The molecule has 2 aromatic rings. The van der Waals surface area contributed by atoms with Gasteiger partial charge in [0.25, 0.3) is 5.91 Å². The van der Waals surface area contributed by atoms with Gasteiger partial charge in [0.2, 0.25) is 0 Å². The smallest absolute Gasteiger partial charge is 0.265 e. The van der Waals surface area contributed by atoms with Crippen molar-refractivity contribution in [1.29, 1.82) is 0 Å². The number of hydrogen-bond acceptors (Lipinski definition) is 4. The zero-order valence-corrected chi connectivity index (χ0v) is 15.8. The number of benzene rings is 1. The summed E-state index contributed by atoms with van der Waals surface area (Å²) in [6.07, 6.45) is 2.03. The van der Waals surface area contributed by atoms with Crippen LogP contribution in [0.15, 0.2) is 24.3 Å². The largest absolute Gasteiger partial charge is 0.338 e. The van der Waals surface area contributed by atoms with Crippen molar-refractivity contribution in [3.8, 4) is 10.6 Å². The van der Waals surface area contributed by atoms with Crippen molar-refractivity contribution >= 4 is 17.2 Å². The highest BCUT2D eigenvalue weighted by atomic mass is 32.1. The van der Waals surface area contributed by atoms with E-state index < -0.39 is 0 Å². The fourth-order valence-corrected chi connectivity index (χ4v) is 4.31. The summed E-state index contributed by atoms with van der Waals surface area (Å²) >= 11 is 1.39. The number of aryl methyl sites for hydroxylation is 1. The van der Waals surface area contributed by atoms with Gasteiger partial charge in [-0.05, 0) is 50.6 Å². The van der Waals surface area contributed by atoms with Crippen LogP contribution in [0.3, 0.4) is 0 Å². The fraction of sp³-hybridized carbons (Fsp3) is 0.474. The minimum Gasteiger partial charge on any atom is -0.338 e. The molecular weight excluding hydrogens is 337 g/mol. The Morgan fingerprint density at radius 1 is 1.32 bits per heavy atom. The van der Waals surface area contributed by atoms with Crippen LogP contribution in [0.5, 0.6) is 0 Å². The predicted octanol–water partition coefficient (Wildman–Crippen LogP) is 3.81. The summed E-state index contributed by atoms with van der Waals surface area (Å²) in [7, 11) is 1.89. The molecule has 1 aromatic heterocycles. The highest BCUT2D eigenvalue weighted by Crippen LogP contribution is 2.29. The lowest BCUT2D eigenvalue weighted by Gasteiger charge is -2.36. The first-order chi connectivity index (χ1) is 12.0. The van der Waals surface area contributed by atoms with Crippen molar-refractivity contribution in [1.82, 2.24) is 14.8 Å². The minimum atomic E-state index is -0.272. The zero-order valence-electron chi connectivity index (χ0n) is 15.0. The molecule has 2 heterocycles. The van der Waals surface area contributed by atoms with Gasteiger partial charge >= 0.3 is 0 Å². The number of halogens is 1. The van der Waals surface area contributed by atoms with Crippen molar-refractivity contribution in [2.24, 2.45) is 0 Å². The monoisotopic (exact) mass is 361 g/mol. The van der Waals surface area contributed by atoms with Crippen molar-refractivity contribution in [2.75, 3.05) is 26.7 Å². The first-order valence-corrected chi connectivity index (χ1v) is 9.54. The van der Waals surface area contributed by atoms with Crippen molar-refractivity contribution < 1.29 is 9.18 Å². The molecule has 0 radical (unpaired) electrons. The van der Waals surface area contributed by atoms with Gasteiger partial charge < -0.3 is 9.80 Å². The number of hydrogen-bond donors (Lipinski definition) is 0. The van der Waals surface area contributed by atoms with Gasteiger partial charge in [0.15, 0.2) is 0 Å². The molecule has 1 aromatic carbocycles. The molecule has 134 valence electrons. The second-order valence-corrected chi connectivity index (χ2v) is 7.52. The van der Waals surface area contributed by atoms with Crippen LogP contribution in [0.2, 0.25) is 0 Å². The molecule has 1 saturated heterocycles. The van der Waals surface area contributed by atoms with E-state index in [2.05, 4.69) is 16.8 Å². The standard InChI is InChI=1S/C19H24FN3OS/c1-4-23-11-9-16(10-12-23)22(3)19(24)17-13(2)21-18(25-17)14-5-7-15(20)8-6-14/h5-8,16H,4,9-12H2,1-3H3. The molecular formula is C19H24FN3OS. The maximum absolute atomic E-state index is 13.1. The van der Waals surface area contributed by atoms with Crippen LogP contribution in [0.1, 0.15) is 35.1 Å². The lowest BCUT2D eigenvalue weighted by atomic mass is 10.0. The number of carbonyl (C=O) groups is 1. The molecule has 0 aliphatic carbocycles. The molecule has 0 N–H and O–H groups in total. The molecule has 0 saturated carbocycles. The van der Waals surface area contributed by atoms with Crippen LogP contribution in [0.25, 0.3) is 10.6 Å². The van der Waals surface area contributed by atoms with Crippen LogP contribution in [0, 0.1) is 12.7 Å². The maximum atomic E-state index is 13.1. The Labute approximate surface area is 152 Å². The van der Waals surface area contributed by atoms with Crippen molar-refractivity contribution in [3.05, 3.63) is 40.7 Å². The predicted molar refractivity (Wildman–Crippen MR) is 99.5 cm³/mol. The Bertz CT molecular complexity index is 736. The number of rotatable bonds is 4. The molecule has 4 nitrogen and oxygen atoms in total. The molecule has 0 atom stereocenters. The van der Waals surface area contributed by atoms with Crippen molar-refractivity contribution in [3.63, 3.8) is 0 Å². The van der Waals surface area contributed by atoms with Crippen molar-refractivity contribution in [2.45, 2.75) is 32.7 Å². The van der Waals surface area contributed by atoms with Gasteiger partial charge in [0.1, 0.15) is 15.7 Å². The fourth-order valence-electron chi connectivity index (χ4n) is 3.26. The maximum Gasteiger partial charge on any atom is 0.265 e. The Kier molecular flexibility index (Phi) is 5.49. The van der Waals surface area contributed by atoms with E-state index in [1.165, 1.54) is 23.5 Å². The molecule has 0 unspecified atom stereocenters. The van der Waals surface area contributed by atoms with E-state index in [1.54, 1.807) is 12.1 Å².